The summed E-state index contributed by atoms with van der Waals surface area (Å²) in [6.45, 7) is 10.0. The highest BCUT2D eigenvalue weighted by Crippen LogP contribution is 2.27. The lowest BCUT2D eigenvalue weighted by Gasteiger charge is -2.20. The normalized spacial score (nSPS) is 12.7. The quantitative estimate of drug-likeness (QED) is 0.877. The Kier molecular flexibility index (Phi) is 5.82. The highest BCUT2D eigenvalue weighted by Gasteiger charge is 2.30. The number of rotatable bonds is 6. The van der Waals surface area contributed by atoms with Crippen molar-refractivity contribution in [1.82, 2.24) is 5.32 Å². The Bertz CT molecular complexity index is 572. The number of methoxy groups -OCH3 is 1. The average Bonchev–Trinajstić information content (AvgIpc) is 2.34. The minimum Gasteiger partial charge on any atom is -0.496 e. The van der Waals surface area contributed by atoms with E-state index < -0.39 is 14.6 Å². The molecule has 0 saturated carbocycles. The molecule has 0 aliphatic carbocycles. The lowest BCUT2D eigenvalue weighted by atomic mass is 10.1. The third-order valence-electron chi connectivity index (χ3n) is 3.34. The summed E-state index contributed by atoms with van der Waals surface area (Å²) in [5.74, 6) is 0.617. The average molecular weight is 313 g/mol. The van der Waals surface area contributed by atoms with Crippen molar-refractivity contribution in [2.45, 2.75) is 57.7 Å². The fourth-order valence-corrected chi connectivity index (χ4v) is 2.87. The number of hydrogen-bond donors (Lipinski definition) is 1. The molecule has 0 aliphatic rings. The molecule has 0 bridgehead atoms. The van der Waals surface area contributed by atoms with E-state index in [-0.39, 0.29) is 5.75 Å². The lowest BCUT2D eigenvalue weighted by molar-refractivity contribution is 0.410. The zero-order valence-electron chi connectivity index (χ0n) is 13.9. The van der Waals surface area contributed by atoms with Crippen molar-refractivity contribution >= 4 is 9.84 Å². The molecule has 1 N–H and O–H groups in total. The second-order valence-corrected chi connectivity index (χ2v) is 9.30. The predicted molar refractivity (Wildman–Crippen MR) is 87.3 cm³/mol. The van der Waals surface area contributed by atoms with Crippen LogP contribution < -0.4 is 10.1 Å². The van der Waals surface area contributed by atoms with Crippen molar-refractivity contribution < 1.29 is 13.2 Å². The van der Waals surface area contributed by atoms with E-state index in [1.165, 1.54) is 0 Å². The number of benzene rings is 1. The van der Waals surface area contributed by atoms with Gasteiger partial charge in [0.15, 0.2) is 9.84 Å². The SMILES string of the molecule is COc1ccc(CNC(C)C)cc1CS(=O)(=O)C(C)(C)C. The van der Waals surface area contributed by atoms with Crippen LogP contribution in [0.25, 0.3) is 0 Å². The van der Waals surface area contributed by atoms with Gasteiger partial charge in [0.25, 0.3) is 0 Å². The van der Waals surface area contributed by atoms with Gasteiger partial charge in [-0.05, 0) is 38.5 Å². The van der Waals surface area contributed by atoms with Crippen molar-refractivity contribution in [3.8, 4) is 5.75 Å². The standard InChI is InChI=1S/C16H27NO3S/c1-12(2)17-10-13-7-8-15(20-6)14(9-13)11-21(18,19)16(3,4)5/h7-9,12,17H,10-11H2,1-6H3. The Morgan fingerprint density at radius 1 is 1.24 bits per heavy atom. The Hall–Kier alpha value is -1.07. The van der Waals surface area contributed by atoms with Crippen molar-refractivity contribution in [1.29, 1.82) is 0 Å². The van der Waals surface area contributed by atoms with Gasteiger partial charge in [-0.2, -0.15) is 0 Å². The summed E-state index contributed by atoms with van der Waals surface area (Å²) < 4.78 is 29.3. The lowest BCUT2D eigenvalue weighted by Crippen LogP contribution is -2.29. The van der Waals surface area contributed by atoms with Gasteiger partial charge >= 0.3 is 0 Å². The molecule has 21 heavy (non-hydrogen) atoms. The highest BCUT2D eigenvalue weighted by molar-refractivity contribution is 7.91. The molecule has 0 saturated heterocycles. The minimum atomic E-state index is -3.23. The van der Waals surface area contributed by atoms with Gasteiger partial charge < -0.3 is 10.1 Å². The van der Waals surface area contributed by atoms with Crippen molar-refractivity contribution in [2.75, 3.05) is 7.11 Å². The smallest absolute Gasteiger partial charge is 0.159 e. The van der Waals surface area contributed by atoms with Crippen LogP contribution in [0, 0.1) is 0 Å². The van der Waals surface area contributed by atoms with E-state index in [0.29, 0.717) is 18.3 Å². The van der Waals surface area contributed by atoms with E-state index in [1.54, 1.807) is 27.9 Å². The van der Waals surface area contributed by atoms with Crippen molar-refractivity contribution in [2.24, 2.45) is 0 Å². The molecule has 0 heterocycles. The third kappa shape index (κ3) is 5.00. The largest absolute Gasteiger partial charge is 0.496 e. The van der Waals surface area contributed by atoms with E-state index in [9.17, 15) is 8.42 Å². The molecular formula is C16H27NO3S. The molecule has 1 rings (SSSR count). The summed E-state index contributed by atoms with van der Waals surface area (Å²) >= 11 is 0. The summed E-state index contributed by atoms with van der Waals surface area (Å²) in [6.07, 6.45) is 0. The van der Waals surface area contributed by atoms with E-state index >= 15 is 0 Å². The number of sulfone groups is 1. The zero-order chi connectivity index (χ0) is 16.3. The monoisotopic (exact) mass is 313 g/mol. The topological polar surface area (TPSA) is 55.4 Å². The van der Waals surface area contributed by atoms with Crippen LogP contribution in [0.15, 0.2) is 18.2 Å². The second-order valence-electron chi connectivity index (χ2n) is 6.55. The maximum absolute atomic E-state index is 12.4. The second kappa shape index (κ2) is 6.79. The van der Waals surface area contributed by atoms with Gasteiger partial charge in [0.05, 0.1) is 17.6 Å². The van der Waals surface area contributed by atoms with Gasteiger partial charge in [-0.3, -0.25) is 0 Å². The van der Waals surface area contributed by atoms with Crippen LogP contribution in [0.4, 0.5) is 0 Å². The zero-order valence-corrected chi connectivity index (χ0v) is 14.7. The van der Waals surface area contributed by atoms with Crippen molar-refractivity contribution in [3.05, 3.63) is 29.3 Å². The minimum absolute atomic E-state index is 0.00477. The summed E-state index contributed by atoms with van der Waals surface area (Å²) in [4.78, 5) is 0. The molecule has 0 atom stereocenters. The number of ether oxygens (including phenoxy) is 1. The maximum Gasteiger partial charge on any atom is 0.159 e. The number of nitrogens with one attached hydrogen (secondary N) is 1. The maximum atomic E-state index is 12.4. The molecule has 0 radical (unpaired) electrons. The molecule has 5 heteroatoms. The molecule has 4 nitrogen and oxygen atoms in total. The summed E-state index contributed by atoms with van der Waals surface area (Å²) in [5.41, 5.74) is 1.78. The first kappa shape index (κ1) is 18.0. The first-order valence-electron chi connectivity index (χ1n) is 7.18. The van der Waals surface area contributed by atoms with E-state index in [4.69, 9.17) is 4.74 Å². The molecule has 0 aromatic heterocycles. The van der Waals surface area contributed by atoms with E-state index in [2.05, 4.69) is 19.2 Å². The van der Waals surface area contributed by atoms with Crippen LogP contribution in [-0.4, -0.2) is 26.3 Å². The fraction of sp³-hybridized carbons (Fsp3) is 0.625. The highest BCUT2D eigenvalue weighted by atomic mass is 32.2. The Morgan fingerprint density at radius 3 is 2.33 bits per heavy atom. The molecule has 0 fully saturated rings. The molecule has 1 aromatic rings. The van der Waals surface area contributed by atoms with E-state index in [0.717, 1.165) is 11.1 Å². The Labute approximate surface area is 128 Å². The summed E-state index contributed by atoms with van der Waals surface area (Å²) in [6, 6.07) is 6.10. The molecule has 1 aromatic carbocycles. The number of hydrogen-bond acceptors (Lipinski definition) is 4. The Balaban J connectivity index is 3.07. The van der Waals surface area contributed by atoms with Crippen LogP contribution in [-0.2, 0) is 22.1 Å². The molecular weight excluding hydrogens is 286 g/mol. The first-order chi connectivity index (χ1) is 9.56. The Morgan fingerprint density at radius 2 is 1.86 bits per heavy atom. The molecule has 120 valence electrons. The van der Waals surface area contributed by atoms with Crippen LogP contribution >= 0.6 is 0 Å². The van der Waals surface area contributed by atoms with Gasteiger partial charge in [-0.15, -0.1) is 0 Å². The molecule has 0 amide bonds. The molecule has 0 spiro atoms. The van der Waals surface area contributed by atoms with Crippen LogP contribution in [0.2, 0.25) is 0 Å². The molecule has 0 unspecified atom stereocenters. The summed E-state index contributed by atoms with van der Waals surface area (Å²) in [7, 11) is -1.67. The first-order valence-corrected chi connectivity index (χ1v) is 8.83. The molecule has 0 aliphatic heterocycles. The van der Waals surface area contributed by atoms with Gasteiger partial charge in [0.1, 0.15) is 5.75 Å². The van der Waals surface area contributed by atoms with Crippen LogP contribution in [0.5, 0.6) is 5.75 Å². The fourth-order valence-electron chi connectivity index (χ4n) is 1.80. The van der Waals surface area contributed by atoms with Crippen molar-refractivity contribution in [3.63, 3.8) is 0 Å². The van der Waals surface area contributed by atoms with Crippen LogP contribution in [0.3, 0.4) is 0 Å². The van der Waals surface area contributed by atoms with Gasteiger partial charge in [-0.1, -0.05) is 19.9 Å². The predicted octanol–water partition coefficient (Wildman–Crippen LogP) is 2.91. The third-order valence-corrected chi connectivity index (χ3v) is 5.89. The van der Waals surface area contributed by atoms with Gasteiger partial charge in [0.2, 0.25) is 0 Å². The summed E-state index contributed by atoms with van der Waals surface area (Å²) in [5, 5.41) is 3.33. The van der Waals surface area contributed by atoms with E-state index in [1.807, 2.05) is 18.2 Å². The van der Waals surface area contributed by atoms with Gasteiger partial charge in [-0.25, -0.2) is 8.42 Å². The van der Waals surface area contributed by atoms with Crippen LogP contribution in [0.1, 0.15) is 45.7 Å². The van der Waals surface area contributed by atoms with Gasteiger partial charge in [0, 0.05) is 18.2 Å².